The molecule has 1 aromatic carbocycles. The molecule has 26 heavy (non-hydrogen) atoms. The summed E-state index contributed by atoms with van der Waals surface area (Å²) in [6, 6.07) is 7.61. The third-order valence-electron chi connectivity index (χ3n) is 4.82. The third kappa shape index (κ3) is 3.84. The number of likely N-dealkylation sites (N-methyl/N-ethyl adjacent to an activating group) is 1. The summed E-state index contributed by atoms with van der Waals surface area (Å²) in [6.45, 7) is 2.50. The topological polar surface area (TPSA) is 75.4 Å². The number of carbonyl (C=O) groups is 2. The molecule has 7 heteroatoms. The van der Waals surface area contributed by atoms with Gasteiger partial charge in [0.05, 0.1) is 11.6 Å². The molecule has 5 nitrogen and oxygen atoms in total. The van der Waals surface area contributed by atoms with Crippen LogP contribution in [0.3, 0.4) is 0 Å². The fourth-order valence-electron chi connectivity index (χ4n) is 3.20. The zero-order valence-electron chi connectivity index (χ0n) is 14.8. The van der Waals surface area contributed by atoms with Crippen LogP contribution in [0.25, 0.3) is 0 Å². The maximum atomic E-state index is 12.7. The molecule has 1 aliphatic carbocycles. The van der Waals surface area contributed by atoms with E-state index < -0.39 is 5.91 Å². The van der Waals surface area contributed by atoms with Crippen molar-refractivity contribution < 1.29 is 9.59 Å². The van der Waals surface area contributed by atoms with Crippen molar-refractivity contribution in [2.45, 2.75) is 38.8 Å². The molecule has 1 aromatic heterocycles. The molecule has 1 aliphatic rings. The molecule has 0 spiro atoms. The number of nitrogens with one attached hydrogen (secondary N) is 1. The van der Waals surface area contributed by atoms with Gasteiger partial charge in [-0.2, -0.15) is 0 Å². The Morgan fingerprint density at radius 3 is 2.77 bits per heavy atom. The lowest BCUT2D eigenvalue weighted by atomic mass is 10.1. The van der Waals surface area contributed by atoms with Crippen molar-refractivity contribution in [1.29, 1.82) is 0 Å². The zero-order valence-corrected chi connectivity index (χ0v) is 17.2. The zero-order chi connectivity index (χ0) is 18.8. The van der Waals surface area contributed by atoms with E-state index in [1.165, 1.54) is 16.2 Å². The van der Waals surface area contributed by atoms with E-state index in [9.17, 15) is 9.59 Å². The van der Waals surface area contributed by atoms with Crippen LogP contribution in [0.1, 0.15) is 39.7 Å². The van der Waals surface area contributed by atoms with Crippen LogP contribution in [0.15, 0.2) is 28.7 Å². The van der Waals surface area contributed by atoms with Gasteiger partial charge in [-0.05, 0) is 50.4 Å². The van der Waals surface area contributed by atoms with Crippen LogP contribution in [0.2, 0.25) is 0 Å². The number of amides is 2. The van der Waals surface area contributed by atoms with E-state index in [0.29, 0.717) is 17.1 Å². The molecule has 0 saturated carbocycles. The van der Waals surface area contributed by atoms with Crippen LogP contribution < -0.4 is 11.1 Å². The third-order valence-corrected chi connectivity index (χ3v) is 6.80. The molecule has 0 saturated heterocycles. The Morgan fingerprint density at radius 2 is 2.08 bits per heavy atom. The van der Waals surface area contributed by atoms with Gasteiger partial charge in [-0.3, -0.25) is 14.5 Å². The number of halogens is 1. The number of rotatable bonds is 6. The second kappa shape index (κ2) is 7.90. The lowest BCUT2D eigenvalue weighted by Crippen LogP contribution is -2.39. The summed E-state index contributed by atoms with van der Waals surface area (Å²) in [5, 5.41) is 3.52. The molecule has 0 bridgehead atoms. The number of aryl methyl sites for hydroxylation is 1. The van der Waals surface area contributed by atoms with Crippen molar-refractivity contribution in [3.8, 4) is 0 Å². The molecule has 3 rings (SSSR count). The lowest BCUT2D eigenvalue weighted by molar-refractivity contribution is -0.120. The fourth-order valence-corrected chi connectivity index (χ4v) is 4.91. The molecule has 0 aliphatic heterocycles. The van der Waals surface area contributed by atoms with Gasteiger partial charge < -0.3 is 11.1 Å². The van der Waals surface area contributed by atoms with Gasteiger partial charge in [-0.25, -0.2) is 0 Å². The van der Waals surface area contributed by atoms with Gasteiger partial charge in [0.1, 0.15) is 5.00 Å². The number of anilines is 1. The summed E-state index contributed by atoms with van der Waals surface area (Å²) in [6.07, 6.45) is 2.85. The second-order valence-electron chi connectivity index (χ2n) is 6.60. The lowest BCUT2D eigenvalue weighted by Gasteiger charge is -2.24. The van der Waals surface area contributed by atoms with Crippen molar-refractivity contribution in [3.05, 3.63) is 50.3 Å². The Labute approximate surface area is 165 Å². The highest BCUT2D eigenvalue weighted by Crippen LogP contribution is 2.38. The molecule has 2 aromatic rings. The molecular formula is C19H22BrN3O2S. The van der Waals surface area contributed by atoms with Gasteiger partial charge >= 0.3 is 0 Å². The summed E-state index contributed by atoms with van der Waals surface area (Å²) in [4.78, 5) is 27.7. The van der Waals surface area contributed by atoms with Crippen LogP contribution in [0.5, 0.6) is 0 Å². The predicted octanol–water partition coefficient (Wildman–Crippen LogP) is 3.56. The van der Waals surface area contributed by atoms with Crippen molar-refractivity contribution in [1.82, 2.24) is 4.90 Å². The predicted molar refractivity (Wildman–Crippen MR) is 109 cm³/mol. The van der Waals surface area contributed by atoms with Crippen LogP contribution in [0.4, 0.5) is 5.00 Å². The number of hydrogen-bond acceptors (Lipinski definition) is 4. The maximum absolute atomic E-state index is 12.7. The highest BCUT2D eigenvalue weighted by atomic mass is 79.9. The van der Waals surface area contributed by atoms with E-state index in [0.717, 1.165) is 34.9 Å². The first kappa shape index (κ1) is 19.1. The Kier molecular flexibility index (Phi) is 5.79. The number of fused-ring (bicyclic) bond motifs is 1. The van der Waals surface area contributed by atoms with E-state index in [1.807, 2.05) is 43.1 Å². The molecule has 2 amide bonds. The number of benzene rings is 1. The minimum Gasteiger partial charge on any atom is -0.365 e. The molecule has 0 radical (unpaired) electrons. The van der Waals surface area contributed by atoms with E-state index in [1.54, 1.807) is 0 Å². The largest absolute Gasteiger partial charge is 0.365 e. The fraction of sp³-hybridized carbons (Fsp3) is 0.368. The molecule has 1 unspecified atom stereocenters. The summed E-state index contributed by atoms with van der Waals surface area (Å²) < 4.78 is 1.02. The Hall–Kier alpha value is -1.70. The number of thiophene rings is 1. The minimum absolute atomic E-state index is 0.137. The van der Waals surface area contributed by atoms with E-state index in [4.69, 9.17) is 5.73 Å². The average Bonchev–Trinajstić information content (AvgIpc) is 3.16. The quantitative estimate of drug-likeness (QED) is 0.727. The summed E-state index contributed by atoms with van der Waals surface area (Å²) >= 11 is 5.02. The van der Waals surface area contributed by atoms with E-state index >= 15 is 0 Å². The highest BCUT2D eigenvalue weighted by Gasteiger charge is 2.27. The highest BCUT2D eigenvalue weighted by molar-refractivity contribution is 9.10. The van der Waals surface area contributed by atoms with Crippen molar-refractivity contribution in [2.24, 2.45) is 5.73 Å². The minimum atomic E-state index is -0.464. The first-order valence-corrected chi connectivity index (χ1v) is 10.2. The smallest absolute Gasteiger partial charge is 0.251 e. The molecule has 3 N–H and O–H groups in total. The summed E-state index contributed by atoms with van der Waals surface area (Å²) in [7, 11) is 1.91. The first-order chi connectivity index (χ1) is 12.4. The van der Waals surface area contributed by atoms with E-state index in [2.05, 4.69) is 21.2 Å². The molecule has 138 valence electrons. The van der Waals surface area contributed by atoms with Crippen LogP contribution >= 0.6 is 27.3 Å². The second-order valence-corrected chi connectivity index (χ2v) is 8.56. The van der Waals surface area contributed by atoms with Crippen LogP contribution in [0, 0.1) is 0 Å². The first-order valence-electron chi connectivity index (χ1n) is 8.57. The Bertz CT molecular complexity index is 849. The monoisotopic (exact) mass is 435 g/mol. The number of hydrogen-bond donors (Lipinski definition) is 2. The van der Waals surface area contributed by atoms with E-state index in [-0.39, 0.29) is 11.9 Å². The van der Waals surface area contributed by atoms with Crippen LogP contribution in [-0.4, -0.2) is 29.8 Å². The van der Waals surface area contributed by atoms with Gasteiger partial charge in [0.15, 0.2) is 0 Å². The number of nitrogens with two attached hydrogens (primary N) is 1. The molecular weight excluding hydrogens is 414 g/mol. The van der Waals surface area contributed by atoms with Crippen molar-refractivity contribution in [3.63, 3.8) is 0 Å². The summed E-state index contributed by atoms with van der Waals surface area (Å²) in [5.74, 6) is -0.601. The average molecular weight is 436 g/mol. The maximum Gasteiger partial charge on any atom is 0.251 e. The van der Waals surface area contributed by atoms with Gasteiger partial charge in [0.25, 0.3) is 5.91 Å². The van der Waals surface area contributed by atoms with Crippen LogP contribution in [-0.2, 0) is 24.2 Å². The normalized spacial score (nSPS) is 14.3. The standard InChI is InChI=1S/C19H22BrN3O2S/c1-11(23(2)10-12-6-3-4-8-14(12)20)18(25)22-19-16(17(21)24)13-7-5-9-15(13)26-19/h3-4,6,8,11H,5,7,9-10H2,1-2H3,(H2,21,24)(H,22,25). The van der Waals surface area contributed by atoms with Gasteiger partial charge in [0, 0.05) is 15.9 Å². The summed E-state index contributed by atoms with van der Waals surface area (Å²) in [5.41, 5.74) is 8.19. The molecule has 1 heterocycles. The SMILES string of the molecule is CC(C(=O)Nc1sc2c(c1C(N)=O)CCC2)N(C)Cc1ccccc1Br. The molecule has 1 atom stereocenters. The Morgan fingerprint density at radius 1 is 1.35 bits per heavy atom. The van der Waals surface area contributed by atoms with Crippen molar-refractivity contribution in [2.75, 3.05) is 12.4 Å². The van der Waals surface area contributed by atoms with Gasteiger partial charge in [0.2, 0.25) is 5.91 Å². The molecule has 0 fully saturated rings. The number of primary amides is 1. The Balaban J connectivity index is 1.72. The van der Waals surface area contributed by atoms with Gasteiger partial charge in [-0.15, -0.1) is 11.3 Å². The number of nitrogens with zero attached hydrogens (tertiary/aromatic N) is 1. The number of carbonyl (C=O) groups excluding carboxylic acids is 2. The van der Waals surface area contributed by atoms with Gasteiger partial charge in [-0.1, -0.05) is 34.1 Å². The van der Waals surface area contributed by atoms with Crippen molar-refractivity contribution >= 4 is 44.1 Å².